The molecular weight excluding hydrogens is 358 g/mol. The van der Waals surface area contributed by atoms with Gasteiger partial charge in [0.2, 0.25) is 5.91 Å². The molecule has 0 bridgehead atoms. The first-order valence-corrected chi connectivity index (χ1v) is 8.33. The van der Waals surface area contributed by atoms with Crippen molar-refractivity contribution in [1.29, 1.82) is 0 Å². The van der Waals surface area contributed by atoms with Gasteiger partial charge >= 0.3 is 0 Å². The Kier molecular flexibility index (Phi) is 5.95. The lowest BCUT2D eigenvalue weighted by molar-refractivity contribution is -0.113. The highest BCUT2D eigenvalue weighted by Crippen LogP contribution is 2.17. The third-order valence-corrected chi connectivity index (χ3v) is 4.33. The Hall–Kier alpha value is -0.970. The van der Waals surface area contributed by atoms with Gasteiger partial charge in [-0.25, -0.2) is 0 Å². The van der Waals surface area contributed by atoms with Crippen LogP contribution >= 0.6 is 39.3 Å². The van der Waals surface area contributed by atoms with E-state index in [4.69, 9.17) is 11.6 Å². The number of nitrogens with one attached hydrogen (secondary N) is 1. The third kappa shape index (κ3) is 5.19. The van der Waals surface area contributed by atoms with Gasteiger partial charge in [0.25, 0.3) is 0 Å². The van der Waals surface area contributed by atoms with Crippen LogP contribution in [0.3, 0.4) is 0 Å². The van der Waals surface area contributed by atoms with Crippen LogP contribution in [0.15, 0.2) is 53.0 Å². The summed E-state index contributed by atoms with van der Waals surface area (Å²) in [6, 6.07) is 15.2. The summed E-state index contributed by atoms with van der Waals surface area (Å²) >= 11 is 10.8. The highest BCUT2D eigenvalue weighted by atomic mass is 79.9. The Morgan fingerprint density at radius 1 is 1.10 bits per heavy atom. The van der Waals surface area contributed by atoms with E-state index < -0.39 is 0 Å². The van der Waals surface area contributed by atoms with E-state index in [2.05, 4.69) is 21.2 Å². The largest absolute Gasteiger partial charge is 0.325 e. The summed E-state index contributed by atoms with van der Waals surface area (Å²) in [6.07, 6.45) is 0. The predicted octanol–water partition coefficient (Wildman–Crippen LogP) is 4.97. The summed E-state index contributed by atoms with van der Waals surface area (Å²) < 4.78 is 0.993. The monoisotopic (exact) mass is 369 g/mol. The van der Waals surface area contributed by atoms with Gasteiger partial charge in [0, 0.05) is 20.9 Å². The summed E-state index contributed by atoms with van der Waals surface area (Å²) in [5.74, 6) is 1.23. The molecule has 0 saturated heterocycles. The number of hydrogen-bond acceptors (Lipinski definition) is 2. The highest BCUT2D eigenvalue weighted by Gasteiger charge is 2.03. The van der Waals surface area contributed by atoms with Crippen LogP contribution < -0.4 is 5.32 Å². The van der Waals surface area contributed by atoms with Gasteiger partial charge in [-0.1, -0.05) is 39.7 Å². The van der Waals surface area contributed by atoms with E-state index in [0.29, 0.717) is 5.75 Å². The first kappa shape index (κ1) is 15.4. The molecule has 0 aliphatic rings. The molecule has 20 heavy (non-hydrogen) atoms. The third-order valence-electron chi connectivity index (χ3n) is 2.54. The van der Waals surface area contributed by atoms with E-state index >= 15 is 0 Å². The van der Waals surface area contributed by atoms with Gasteiger partial charge in [0.1, 0.15) is 0 Å². The Morgan fingerprint density at radius 2 is 1.75 bits per heavy atom. The highest BCUT2D eigenvalue weighted by molar-refractivity contribution is 9.10. The molecule has 0 heterocycles. The van der Waals surface area contributed by atoms with E-state index in [1.165, 1.54) is 0 Å². The van der Waals surface area contributed by atoms with Crippen molar-refractivity contribution in [2.75, 3.05) is 11.1 Å². The number of halogens is 2. The quantitative estimate of drug-likeness (QED) is 0.804. The molecule has 1 N–H and O–H groups in total. The molecule has 0 fully saturated rings. The number of hydrogen-bond donors (Lipinski definition) is 1. The fourth-order valence-corrected chi connectivity index (χ4v) is 2.75. The summed E-state index contributed by atoms with van der Waals surface area (Å²) in [7, 11) is 0. The van der Waals surface area contributed by atoms with Crippen LogP contribution in [-0.2, 0) is 10.5 Å². The normalized spacial score (nSPS) is 10.3. The van der Waals surface area contributed by atoms with Crippen molar-refractivity contribution in [2.24, 2.45) is 0 Å². The number of anilines is 1. The van der Waals surface area contributed by atoms with Crippen LogP contribution in [0.5, 0.6) is 0 Å². The van der Waals surface area contributed by atoms with Gasteiger partial charge in [-0.05, 0) is 42.0 Å². The molecule has 0 saturated carbocycles. The topological polar surface area (TPSA) is 29.1 Å². The van der Waals surface area contributed by atoms with Crippen molar-refractivity contribution in [3.8, 4) is 0 Å². The maximum absolute atomic E-state index is 11.8. The summed E-state index contributed by atoms with van der Waals surface area (Å²) in [5, 5.41) is 3.59. The molecule has 0 aliphatic carbocycles. The van der Waals surface area contributed by atoms with Crippen LogP contribution in [0.2, 0.25) is 5.02 Å². The molecule has 2 nitrogen and oxygen atoms in total. The Bertz CT molecular complexity index is 571. The molecule has 0 aliphatic heterocycles. The van der Waals surface area contributed by atoms with E-state index in [0.717, 1.165) is 26.5 Å². The minimum Gasteiger partial charge on any atom is -0.325 e. The van der Waals surface area contributed by atoms with Gasteiger partial charge in [-0.15, -0.1) is 11.8 Å². The van der Waals surface area contributed by atoms with Crippen molar-refractivity contribution in [1.82, 2.24) is 0 Å². The summed E-state index contributed by atoms with van der Waals surface area (Å²) in [4.78, 5) is 11.8. The lowest BCUT2D eigenvalue weighted by atomic mass is 10.2. The van der Waals surface area contributed by atoms with E-state index in [1.807, 2.05) is 48.5 Å². The predicted molar refractivity (Wildman–Crippen MR) is 90.4 cm³/mol. The second kappa shape index (κ2) is 7.72. The zero-order chi connectivity index (χ0) is 14.4. The van der Waals surface area contributed by atoms with Crippen LogP contribution in [0.4, 0.5) is 5.69 Å². The first-order chi connectivity index (χ1) is 9.63. The Balaban J connectivity index is 1.75. The van der Waals surface area contributed by atoms with Crippen LogP contribution in [0.25, 0.3) is 0 Å². The lowest BCUT2D eigenvalue weighted by Crippen LogP contribution is -2.14. The lowest BCUT2D eigenvalue weighted by Gasteiger charge is -2.05. The second-order valence-electron chi connectivity index (χ2n) is 4.17. The van der Waals surface area contributed by atoms with E-state index in [1.54, 1.807) is 11.8 Å². The number of thioether (sulfide) groups is 1. The number of carbonyl (C=O) groups is 1. The molecule has 0 unspecified atom stereocenters. The fraction of sp³-hybridized carbons (Fsp3) is 0.133. The van der Waals surface area contributed by atoms with Crippen LogP contribution in [0, 0.1) is 0 Å². The number of benzene rings is 2. The second-order valence-corrected chi connectivity index (χ2v) is 6.51. The molecule has 0 radical (unpaired) electrons. The number of rotatable bonds is 5. The van der Waals surface area contributed by atoms with Crippen molar-refractivity contribution in [3.05, 3.63) is 63.6 Å². The average Bonchev–Trinajstić information content (AvgIpc) is 2.44. The molecule has 0 atom stereocenters. The zero-order valence-corrected chi connectivity index (χ0v) is 13.8. The molecule has 2 aromatic rings. The SMILES string of the molecule is O=C(CSCc1ccc(Cl)cc1)Nc1ccc(Br)cc1. The maximum Gasteiger partial charge on any atom is 0.234 e. The molecule has 1 amide bonds. The minimum absolute atomic E-state index is 0.00582. The number of amides is 1. The Labute approximate surface area is 136 Å². The average molecular weight is 371 g/mol. The molecule has 0 spiro atoms. The van der Waals surface area contributed by atoms with Gasteiger partial charge in [0.15, 0.2) is 0 Å². The molecule has 2 aromatic carbocycles. The zero-order valence-electron chi connectivity index (χ0n) is 10.6. The molecule has 0 aromatic heterocycles. The molecule has 2 rings (SSSR count). The smallest absolute Gasteiger partial charge is 0.234 e. The maximum atomic E-state index is 11.8. The summed E-state index contributed by atoms with van der Waals surface area (Å²) in [6.45, 7) is 0. The van der Waals surface area contributed by atoms with Gasteiger partial charge in [0.05, 0.1) is 5.75 Å². The fourth-order valence-electron chi connectivity index (χ4n) is 1.57. The van der Waals surface area contributed by atoms with Crippen LogP contribution in [0.1, 0.15) is 5.56 Å². The standard InChI is InChI=1S/C15H13BrClNOS/c16-12-3-7-14(8-4-12)18-15(19)10-20-9-11-1-5-13(17)6-2-11/h1-8H,9-10H2,(H,18,19). The molecular formula is C15H13BrClNOS. The molecule has 5 heteroatoms. The van der Waals surface area contributed by atoms with Gasteiger partial charge < -0.3 is 5.32 Å². The van der Waals surface area contributed by atoms with Crippen molar-refractivity contribution >= 4 is 50.9 Å². The van der Waals surface area contributed by atoms with Crippen molar-refractivity contribution in [2.45, 2.75) is 5.75 Å². The van der Waals surface area contributed by atoms with E-state index in [-0.39, 0.29) is 5.91 Å². The van der Waals surface area contributed by atoms with Crippen molar-refractivity contribution < 1.29 is 4.79 Å². The van der Waals surface area contributed by atoms with Crippen LogP contribution in [-0.4, -0.2) is 11.7 Å². The first-order valence-electron chi connectivity index (χ1n) is 6.01. The van der Waals surface area contributed by atoms with Gasteiger partial charge in [-0.2, -0.15) is 0 Å². The minimum atomic E-state index is 0.00582. The van der Waals surface area contributed by atoms with Crippen molar-refractivity contribution in [3.63, 3.8) is 0 Å². The summed E-state index contributed by atoms with van der Waals surface area (Å²) in [5.41, 5.74) is 1.97. The Morgan fingerprint density at radius 3 is 2.40 bits per heavy atom. The number of carbonyl (C=O) groups excluding carboxylic acids is 1. The molecule has 104 valence electrons. The van der Waals surface area contributed by atoms with E-state index in [9.17, 15) is 4.79 Å². The van der Waals surface area contributed by atoms with Gasteiger partial charge in [-0.3, -0.25) is 4.79 Å².